The van der Waals surface area contributed by atoms with Crippen LogP contribution < -0.4 is 0 Å². The molecule has 1 aromatic carbocycles. The predicted octanol–water partition coefficient (Wildman–Crippen LogP) is 4.21. The van der Waals surface area contributed by atoms with Gasteiger partial charge in [-0.2, -0.15) is 0 Å². The van der Waals surface area contributed by atoms with Gasteiger partial charge in [-0.3, -0.25) is 9.69 Å². The van der Waals surface area contributed by atoms with E-state index >= 15 is 0 Å². The lowest BCUT2D eigenvalue weighted by molar-refractivity contribution is -0.121. The lowest BCUT2D eigenvalue weighted by Crippen LogP contribution is -2.27. The zero-order valence-corrected chi connectivity index (χ0v) is 12.6. The molecule has 0 unspecified atom stereocenters. The van der Waals surface area contributed by atoms with E-state index in [1.165, 1.54) is 11.8 Å². The van der Waals surface area contributed by atoms with E-state index in [4.69, 9.17) is 35.4 Å². The Morgan fingerprint density at radius 2 is 2.11 bits per heavy atom. The van der Waals surface area contributed by atoms with Gasteiger partial charge in [-0.25, -0.2) is 0 Å². The Morgan fingerprint density at radius 1 is 1.39 bits per heavy atom. The summed E-state index contributed by atoms with van der Waals surface area (Å²) in [6, 6.07) is 5.24. The van der Waals surface area contributed by atoms with Crippen molar-refractivity contribution in [2.75, 3.05) is 6.54 Å². The first-order valence-electron chi connectivity index (χ1n) is 5.23. The summed E-state index contributed by atoms with van der Waals surface area (Å²) in [4.78, 5) is 14.2. The number of hydrogen-bond donors (Lipinski definition) is 0. The van der Waals surface area contributed by atoms with Crippen molar-refractivity contribution in [2.24, 2.45) is 0 Å². The fourth-order valence-electron chi connectivity index (χ4n) is 1.53. The van der Waals surface area contributed by atoms with Crippen LogP contribution in [0, 0.1) is 0 Å². The van der Waals surface area contributed by atoms with Crippen LogP contribution >= 0.6 is 47.2 Å². The number of benzene rings is 1. The maximum absolute atomic E-state index is 12.0. The molecule has 6 heteroatoms. The van der Waals surface area contributed by atoms with Crippen molar-refractivity contribution in [3.63, 3.8) is 0 Å². The number of rotatable bonds is 2. The van der Waals surface area contributed by atoms with Crippen molar-refractivity contribution >= 4 is 63.5 Å². The van der Waals surface area contributed by atoms with Crippen molar-refractivity contribution in [1.82, 2.24) is 4.90 Å². The minimum absolute atomic E-state index is 0.0569. The monoisotopic (exact) mass is 317 g/mol. The van der Waals surface area contributed by atoms with E-state index in [1.807, 2.05) is 13.0 Å². The van der Waals surface area contributed by atoms with Gasteiger partial charge < -0.3 is 0 Å². The molecule has 1 fully saturated rings. The number of carbonyl (C=O) groups is 1. The topological polar surface area (TPSA) is 20.3 Å². The number of thiocarbonyl (C=S) groups is 1. The van der Waals surface area contributed by atoms with Gasteiger partial charge in [0, 0.05) is 6.54 Å². The summed E-state index contributed by atoms with van der Waals surface area (Å²) in [6.07, 6.45) is 1.77. The standard InChI is InChI=1S/C12H9Cl2NOS2/c1-2-15-11(16)10(18-12(15)17)6-7-3-4-8(13)9(14)5-7/h3-6H,2H2,1H3. The van der Waals surface area contributed by atoms with E-state index in [9.17, 15) is 4.79 Å². The van der Waals surface area contributed by atoms with Crippen molar-refractivity contribution in [3.05, 3.63) is 38.7 Å². The molecule has 18 heavy (non-hydrogen) atoms. The third-order valence-corrected chi connectivity index (χ3v) is 4.55. The van der Waals surface area contributed by atoms with Crippen LogP contribution in [0.4, 0.5) is 0 Å². The first-order chi connectivity index (χ1) is 8.52. The number of carbonyl (C=O) groups excluding carboxylic acids is 1. The van der Waals surface area contributed by atoms with Crippen molar-refractivity contribution in [3.8, 4) is 0 Å². The molecule has 1 heterocycles. The maximum atomic E-state index is 12.0. The van der Waals surface area contributed by atoms with Gasteiger partial charge >= 0.3 is 0 Å². The van der Waals surface area contributed by atoms with Crippen LogP contribution in [-0.4, -0.2) is 21.7 Å². The van der Waals surface area contributed by atoms with Crippen molar-refractivity contribution < 1.29 is 4.79 Å². The molecule has 0 bridgehead atoms. The summed E-state index contributed by atoms with van der Waals surface area (Å²) < 4.78 is 0.591. The molecule has 0 aromatic heterocycles. The Kier molecular flexibility index (Phi) is 4.33. The Bertz CT molecular complexity index is 557. The van der Waals surface area contributed by atoms with E-state index < -0.39 is 0 Å². The van der Waals surface area contributed by atoms with Crippen molar-refractivity contribution in [2.45, 2.75) is 6.92 Å². The molecule has 94 valence electrons. The van der Waals surface area contributed by atoms with Gasteiger partial charge in [0.25, 0.3) is 5.91 Å². The number of amides is 1. The molecule has 0 saturated carbocycles. The second-order valence-corrected chi connectivity index (χ2v) is 6.09. The fourth-order valence-corrected chi connectivity index (χ4v) is 3.22. The van der Waals surface area contributed by atoms with Crippen LogP contribution in [0.5, 0.6) is 0 Å². The van der Waals surface area contributed by atoms with Gasteiger partial charge in [0.2, 0.25) is 0 Å². The third-order valence-electron chi connectivity index (χ3n) is 2.43. The van der Waals surface area contributed by atoms with Gasteiger partial charge in [0.15, 0.2) is 0 Å². The summed E-state index contributed by atoms with van der Waals surface area (Å²) in [5.74, 6) is -0.0569. The lowest BCUT2D eigenvalue weighted by atomic mass is 10.2. The SMILES string of the molecule is CCN1C(=O)C(=Cc2ccc(Cl)c(Cl)c2)SC1=S. The summed E-state index contributed by atoms with van der Waals surface area (Å²) in [5, 5.41) is 0.964. The van der Waals surface area contributed by atoms with E-state index in [-0.39, 0.29) is 5.91 Å². The second kappa shape index (κ2) is 5.61. The predicted molar refractivity (Wildman–Crippen MR) is 82.0 cm³/mol. The molecule has 0 spiro atoms. The number of halogens is 2. The third kappa shape index (κ3) is 2.72. The molecule has 0 aliphatic carbocycles. The summed E-state index contributed by atoms with van der Waals surface area (Å²) >= 11 is 18.2. The van der Waals surface area contributed by atoms with Gasteiger partial charge in [-0.15, -0.1) is 0 Å². The average molecular weight is 318 g/mol. The smallest absolute Gasteiger partial charge is 0.266 e. The van der Waals surface area contributed by atoms with E-state index in [1.54, 1.807) is 23.1 Å². The molecular formula is C12H9Cl2NOS2. The molecule has 1 saturated heterocycles. The fraction of sp³-hybridized carbons (Fsp3) is 0.167. The largest absolute Gasteiger partial charge is 0.293 e. The molecule has 1 aliphatic heterocycles. The molecule has 0 N–H and O–H groups in total. The Hall–Kier alpha value is -0.550. The van der Waals surface area contributed by atoms with Crippen LogP contribution in [0.25, 0.3) is 6.08 Å². The van der Waals surface area contributed by atoms with Gasteiger partial charge in [-0.05, 0) is 30.7 Å². The Labute approximate surface area is 125 Å². The average Bonchev–Trinajstić information content (AvgIpc) is 2.59. The molecule has 2 nitrogen and oxygen atoms in total. The first-order valence-corrected chi connectivity index (χ1v) is 7.21. The first kappa shape index (κ1) is 13.9. The number of likely N-dealkylation sites (N-methyl/N-ethyl adjacent to an activating group) is 1. The number of nitrogens with zero attached hydrogens (tertiary/aromatic N) is 1. The quantitative estimate of drug-likeness (QED) is 0.602. The van der Waals surface area contributed by atoms with Gasteiger partial charge in [0.05, 0.1) is 15.0 Å². The molecule has 0 atom stereocenters. The van der Waals surface area contributed by atoms with E-state index in [0.29, 0.717) is 25.8 Å². The molecule has 1 amide bonds. The zero-order valence-electron chi connectivity index (χ0n) is 9.44. The lowest BCUT2D eigenvalue weighted by Gasteiger charge is -2.09. The second-order valence-electron chi connectivity index (χ2n) is 3.60. The van der Waals surface area contributed by atoms with Crippen LogP contribution in [0.3, 0.4) is 0 Å². The van der Waals surface area contributed by atoms with Gasteiger partial charge in [-0.1, -0.05) is 53.2 Å². The molecule has 2 rings (SSSR count). The molecule has 0 radical (unpaired) electrons. The minimum atomic E-state index is -0.0569. The van der Waals surface area contributed by atoms with Crippen LogP contribution in [0.15, 0.2) is 23.1 Å². The summed E-state index contributed by atoms with van der Waals surface area (Å²) in [5.41, 5.74) is 0.834. The van der Waals surface area contributed by atoms with E-state index in [2.05, 4.69) is 0 Å². The summed E-state index contributed by atoms with van der Waals surface area (Å²) in [6.45, 7) is 2.48. The van der Waals surface area contributed by atoms with E-state index in [0.717, 1.165) is 5.56 Å². The van der Waals surface area contributed by atoms with Crippen molar-refractivity contribution in [1.29, 1.82) is 0 Å². The minimum Gasteiger partial charge on any atom is -0.293 e. The normalized spacial score (nSPS) is 17.9. The molecule has 1 aliphatic rings. The number of thioether (sulfide) groups is 1. The van der Waals surface area contributed by atoms with Crippen LogP contribution in [0.2, 0.25) is 10.0 Å². The molecular weight excluding hydrogens is 309 g/mol. The molecule has 1 aromatic rings. The van der Waals surface area contributed by atoms with Gasteiger partial charge in [0.1, 0.15) is 4.32 Å². The maximum Gasteiger partial charge on any atom is 0.266 e. The zero-order chi connectivity index (χ0) is 13.3. The number of hydrogen-bond acceptors (Lipinski definition) is 3. The van der Waals surface area contributed by atoms with Crippen LogP contribution in [0.1, 0.15) is 12.5 Å². The highest BCUT2D eigenvalue weighted by Crippen LogP contribution is 2.33. The van der Waals surface area contributed by atoms with Crippen LogP contribution in [-0.2, 0) is 4.79 Å². The highest BCUT2D eigenvalue weighted by atomic mass is 35.5. The highest BCUT2D eigenvalue weighted by Gasteiger charge is 2.30. The Balaban J connectivity index is 2.32. The highest BCUT2D eigenvalue weighted by molar-refractivity contribution is 8.26. The summed E-state index contributed by atoms with van der Waals surface area (Å²) in [7, 11) is 0. The Morgan fingerprint density at radius 3 is 2.67 bits per heavy atom.